The average Bonchev–Trinajstić information content (AvgIpc) is 2.75. The maximum Gasteiger partial charge on any atom is 0.323 e. The first-order chi connectivity index (χ1) is 7.45. The van der Waals surface area contributed by atoms with Gasteiger partial charge in [-0.25, -0.2) is 9.67 Å². The Labute approximate surface area is 94.8 Å². The topological polar surface area (TPSA) is 83.0 Å². The number of nitrogens with two attached hydrogens (primary N) is 1. The van der Waals surface area contributed by atoms with E-state index in [1.165, 1.54) is 13.4 Å². The van der Waals surface area contributed by atoms with Gasteiger partial charge in [-0.1, -0.05) is 13.8 Å². The summed E-state index contributed by atoms with van der Waals surface area (Å²) in [6, 6.07) is -0.757. The SMILES string of the molecule is CCn1ncnc1C(C)(C)C(N)C(=O)OC. The second-order valence-electron chi connectivity index (χ2n) is 4.12. The minimum absolute atomic E-state index is 0.448. The Morgan fingerprint density at radius 1 is 1.69 bits per heavy atom. The van der Waals surface area contributed by atoms with Crippen LogP contribution in [0.1, 0.15) is 26.6 Å². The molecule has 0 amide bonds. The third-order valence-electron chi connectivity index (χ3n) is 2.72. The van der Waals surface area contributed by atoms with Crippen LogP contribution in [-0.4, -0.2) is 33.9 Å². The molecule has 0 fully saturated rings. The summed E-state index contributed by atoms with van der Waals surface area (Å²) in [5.74, 6) is 0.239. The van der Waals surface area contributed by atoms with Gasteiger partial charge in [-0.05, 0) is 6.92 Å². The predicted molar refractivity (Wildman–Crippen MR) is 58.7 cm³/mol. The number of esters is 1. The predicted octanol–water partition coefficient (Wildman–Crippen LogP) is 0.0759. The number of ether oxygens (including phenoxy) is 1. The van der Waals surface area contributed by atoms with Crippen molar-refractivity contribution in [3.8, 4) is 0 Å². The van der Waals surface area contributed by atoms with Crippen LogP contribution in [0.2, 0.25) is 0 Å². The van der Waals surface area contributed by atoms with Crippen molar-refractivity contribution in [2.24, 2.45) is 5.73 Å². The number of aryl methyl sites for hydroxylation is 1. The highest BCUT2D eigenvalue weighted by atomic mass is 16.5. The molecule has 0 aliphatic carbocycles. The van der Waals surface area contributed by atoms with Gasteiger partial charge in [-0.2, -0.15) is 5.10 Å². The van der Waals surface area contributed by atoms with E-state index >= 15 is 0 Å². The van der Waals surface area contributed by atoms with Gasteiger partial charge < -0.3 is 10.5 Å². The third kappa shape index (κ3) is 2.06. The fourth-order valence-corrected chi connectivity index (χ4v) is 1.56. The molecule has 0 bridgehead atoms. The van der Waals surface area contributed by atoms with Gasteiger partial charge in [0.1, 0.15) is 18.2 Å². The summed E-state index contributed by atoms with van der Waals surface area (Å²) in [6.07, 6.45) is 1.46. The van der Waals surface area contributed by atoms with Crippen LogP contribution in [0.15, 0.2) is 6.33 Å². The molecular formula is C10H18N4O2. The lowest BCUT2D eigenvalue weighted by Gasteiger charge is -2.28. The van der Waals surface area contributed by atoms with Crippen LogP contribution in [0.3, 0.4) is 0 Å². The second-order valence-corrected chi connectivity index (χ2v) is 4.12. The maximum atomic E-state index is 11.4. The van der Waals surface area contributed by atoms with Gasteiger partial charge in [0.25, 0.3) is 0 Å². The molecule has 0 saturated carbocycles. The van der Waals surface area contributed by atoms with E-state index in [-0.39, 0.29) is 0 Å². The molecule has 0 aliphatic rings. The normalized spacial score (nSPS) is 13.6. The van der Waals surface area contributed by atoms with Gasteiger partial charge in [0.15, 0.2) is 0 Å². The van der Waals surface area contributed by atoms with Crippen LogP contribution in [0, 0.1) is 0 Å². The third-order valence-corrected chi connectivity index (χ3v) is 2.72. The van der Waals surface area contributed by atoms with E-state index in [1.54, 1.807) is 4.68 Å². The summed E-state index contributed by atoms with van der Waals surface area (Å²) in [6.45, 7) is 6.35. The van der Waals surface area contributed by atoms with Crippen LogP contribution < -0.4 is 5.73 Å². The molecule has 1 heterocycles. The van der Waals surface area contributed by atoms with Gasteiger partial charge in [-0.3, -0.25) is 4.79 Å². The zero-order chi connectivity index (χ0) is 12.3. The Morgan fingerprint density at radius 2 is 2.31 bits per heavy atom. The Morgan fingerprint density at radius 3 is 2.81 bits per heavy atom. The van der Waals surface area contributed by atoms with Crippen molar-refractivity contribution in [3.05, 3.63) is 12.2 Å². The molecule has 16 heavy (non-hydrogen) atoms. The van der Waals surface area contributed by atoms with E-state index in [0.29, 0.717) is 12.4 Å². The van der Waals surface area contributed by atoms with Crippen molar-refractivity contribution >= 4 is 5.97 Å². The quantitative estimate of drug-likeness (QED) is 0.735. The lowest BCUT2D eigenvalue weighted by atomic mass is 9.84. The molecule has 0 saturated heterocycles. The summed E-state index contributed by atoms with van der Waals surface area (Å²) < 4.78 is 6.37. The Bertz CT molecular complexity index is 373. The largest absolute Gasteiger partial charge is 0.468 e. The van der Waals surface area contributed by atoms with Crippen LogP contribution >= 0.6 is 0 Å². The number of methoxy groups -OCH3 is 1. The lowest BCUT2D eigenvalue weighted by molar-refractivity contribution is -0.143. The average molecular weight is 226 g/mol. The zero-order valence-electron chi connectivity index (χ0n) is 10.1. The van der Waals surface area contributed by atoms with Crippen molar-refractivity contribution in [1.29, 1.82) is 0 Å². The molecule has 0 aromatic carbocycles. The van der Waals surface area contributed by atoms with E-state index in [2.05, 4.69) is 14.8 Å². The molecule has 1 rings (SSSR count). The fraction of sp³-hybridized carbons (Fsp3) is 0.700. The highest BCUT2D eigenvalue weighted by molar-refractivity contribution is 5.77. The van der Waals surface area contributed by atoms with Crippen LogP contribution in [0.5, 0.6) is 0 Å². The van der Waals surface area contributed by atoms with Gasteiger partial charge in [0.05, 0.1) is 12.5 Å². The Balaban J connectivity index is 3.05. The molecule has 90 valence electrons. The molecule has 1 unspecified atom stereocenters. The standard InChI is InChI=1S/C10H18N4O2/c1-5-14-9(12-6-13-14)10(2,3)7(11)8(15)16-4/h6-7H,5,11H2,1-4H3. The smallest absolute Gasteiger partial charge is 0.323 e. The monoisotopic (exact) mass is 226 g/mol. The highest BCUT2D eigenvalue weighted by Gasteiger charge is 2.38. The molecule has 1 aromatic rings. The number of nitrogens with zero attached hydrogens (tertiary/aromatic N) is 3. The Hall–Kier alpha value is -1.43. The van der Waals surface area contributed by atoms with E-state index in [9.17, 15) is 4.79 Å². The molecule has 0 aliphatic heterocycles. The first-order valence-corrected chi connectivity index (χ1v) is 5.16. The first-order valence-electron chi connectivity index (χ1n) is 5.16. The molecule has 2 N–H and O–H groups in total. The fourth-order valence-electron chi connectivity index (χ4n) is 1.56. The van der Waals surface area contributed by atoms with Gasteiger partial charge in [0.2, 0.25) is 0 Å². The van der Waals surface area contributed by atoms with Gasteiger partial charge >= 0.3 is 5.97 Å². The minimum atomic E-state index is -0.757. The highest BCUT2D eigenvalue weighted by Crippen LogP contribution is 2.24. The summed E-state index contributed by atoms with van der Waals surface area (Å²) >= 11 is 0. The van der Waals surface area contributed by atoms with E-state index < -0.39 is 17.4 Å². The molecule has 0 spiro atoms. The van der Waals surface area contributed by atoms with Crippen LogP contribution in [0.25, 0.3) is 0 Å². The summed E-state index contributed by atoms with van der Waals surface area (Å²) in [5, 5.41) is 4.07. The van der Waals surface area contributed by atoms with Crippen molar-refractivity contribution in [2.45, 2.75) is 38.8 Å². The van der Waals surface area contributed by atoms with E-state index in [4.69, 9.17) is 5.73 Å². The van der Waals surface area contributed by atoms with Crippen molar-refractivity contribution in [1.82, 2.24) is 14.8 Å². The molecule has 6 heteroatoms. The number of aromatic nitrogens is 3. The number of rotatable bonds is 4. The first kappa shape index (κ1) is 12.6. The zero-order valence-corrected chi connectivity index (χ0v) is 10.1. The molecular weight excluding hydrogens is 208 g/mol. The molecule has 0 radical (unpaired) electrons. The second kappa shape index (κ2) is 4.61. The van der Waals surface area contributed by atoms with Crippen LogP contribution in [0.4, 0.5) is 0 Å². The molecule has 1 aromatic heterocycles. The van der Waals surface area contributed by atoms with E-state index in [0.717, 1.165) is 0 Å². The summed E-state index contributed by atoms with van der Waals surface area (Å²) in [4.78, 5) is 15.6. The van der Waals surface area contributed by atoms with E-state index in [1.807, 2.05) is 20.8 Å². The summed E-state index contributed by atoms with van der Waals surface area (Å²) in [7, 11) is 1.32. The summed E-state index contributed by atoms with van der Waals surface area (Å²) in [5.41, 5.74) is 5.25. The van der Waals surface area contributed by atoms with Gasteiger partial charge in [0, 0.05) is 6.54 Å². The Kier molecular flexibility index (Phi) is 3.64. The minimum Gasteiger partial charge on any atom is -0.468 e. The van der Waals surface area contributed by atoms with Crippen molar-refractivity contribution in [2.75, 3.05) is 7.11 Å². The number of hydrogen-bond acceptors (Lipinski definition) is 5. The van der Waals surface area contributed by atoms with Crippen molar-refractivity contribution < 1.29 is 9.53 Å². The molecule has 6 nitrogen and oxygen atoms in total. The number of carbonyl (C=O) groups is 1. The van der Waals surface area contributed by atoms with Crippen LogP contribution in [-0.2, 0) is 21.5 Å². The lowest BCUT2D eigenvalue weighted by Crippen LogP contribution is -2.48. The maximum absolute atomic E-state index is 11.4. The number of carbonyl (C=O) groups excluding carboxylic acids is 1. The van der Waals surface area contributed by atoms with Crippen molar-refractivity contribution in [3.63, 3.8) is 0 Å². The number of hydrogen-bond donors (Lipinski definition) is 1. The molecule has 1 atom stereocenters. The van der Waals surface area contributed by atoms with Gasteiger partial charge in [-0.15, -0.1) is 0 Å².